The molecule has 25 heavy (non-hydrogen) atoms. The first-order valence-electron chi connectivity index (χ1n) is 7.82. The smallest absolute Gasteiger partial charge is 0.215 e. The number of aliphatic imine (C=N–C) groups is 1. The van der Waals surface area contributed by atoms with Crippen LogP contribution in [0.5, 0.6) is 11.8 Å². The molecule has 0 aliphatic heterocycles. The fourth-order valence-corrected chi connectivity index (χ4v) is 2.71. The highest BCUT2D eigenvalue weighted by molar-refractivity contribution is 6.26. The lowest BCUT2D eigenvalue weighted by Gasteiger charge is -2.15. The van der Waals surface area contributed by atoms with E-state index in [0.29, 0.717) is 5.71 Å². The van der Waals surface area contributed by atoms with Crippen molar-refractivity contribution < 1.29 is 10.2 Å². The number of benzene rings is 2. The minimum Gasteiger partial charge on any atom is -0.493 e. The Hall–Kier alpha value is -3.60. The van der Waals surface area contributed by atoms with Gasteiger partial charge in [0.1, 0.15) is 0 Å². The van der Waals surface area contributed by atoms with E-state index >= 15 is 0 Å². The van der Waals surface area contributed by atoms with Crippen LogP contribution in [0.2, 0.25) is 0 Å². The van der Waals surface area contributed by atoms with Crippen LogP contribution in [-0.4, -0.2) is 26.3 Å². The van der Waals surface area contributed by atoms with Crippen molar-refractivity contribution in [1.82, 2.24) is 4.68 Å². The van der Waals surface area contributed by atoms with Gasteiger partial charge < -0.3 is 10.2 Å². The molecule has 0 fully saturated rings. The van der Waals surface area contributed by atoms with Crippen molar-refractivity contribution in [2.45, 2.75) is 0 Å². The van der Waals surface area contributed by atoms with Crippen molar-refractivity contribution >= 4 is 17.1 Å². The van der Waals surface area contributed by atoms with E-state index in [0.717, 1.165) is 27.2 Å². The van der Waals surface area contributed by atoms with Crippen molar-refractivity contribution in [2.75, 3.05) is 0 Å². The number of hydrogen-bond acceptors (Lipinski definition) is 4. The first-order valence-corrected chi connectivity index (χ1v) is 7.82. The first kappa shape index (κ1) is 15.0. The maximum atomic E-state index is 9.80. The van der Waals surface area contributed by atoms with Crippen LogP contribution in [0.3, 0.4) is 0 Å². The van der Waals surface area contributed by atoms with Gasteiger partial charge in [-0.05, 0) is 24.3 Å². The van der Waals surface area contributed by atoms with E-state index in [1.807, 2.05) is 66.7 Å². The topological polar surface area (TPSA) is 70.1 Å². The highest BCUT2D eigenvalue weighted by Crippen LogP contribution is 2.24. The summed E-state index contributed by atoms with van der Waals surface area (Å²) in [6, 6.07) is 20.3. The molecule has 0 bridgehead atoms. The van der Waals surface area contributed by atoms with Gasteiger partial charge in [-0.3, -0.25) is 0 Å². The van der Waals surface area contributed by atoms with Gasteiger partial charge in [-0.25, -0.2) is 4.99 Å². The zero-order chi connectivity index (χ0) is 17.2. The SMILES string of the molecule is Oc1ccc(O)n1N=C1C=CC(=Nc2ccccc2)c2ccccc21. The second-order valence-corrected chi connectivity index (χ2v) is 5.56. The lowest BCUT2D eigenvalue weighted by Crippen LogP contribution is -2.14. The highest BCUT2D eigenvalue weighted by Gasteiger charge is 2.17. The number of para-hydroxylation sites is 1. The molecule has 3 aromatic rings. The standard InChI is InChI=1S/C20H15N3O2/c24-19-12-13-20(25)23(19)22-18-11-10-17(15-8-4-5-9-16(15)18)21-14-6-2-1-3-7-14/h1-13,24-25H. The normalized spacial score (nSPS) is 16.3. The molecule has 0 radical (unpaired) electrons. The van der Waals surface area contributed by atoms with Gasteiger partial charge in [0.05, 0.1) is 17.1 Å². The quantitative estimate of drug-likeness (QED) is 0.750. The molecule has 1 aromatic heterocycles. The molecular weight excluding hydrogens is 314 g/mol. The molecule has 0 saturated heterocycles. The summed E-state index contributed by atoms with van der Waals surface area (Å²) in [5.74, 6) is -0.251. The van der Waals surface area contributed by atoms with Gasteiger partial charge in [0.15, 0.2) is 0 Å². The van der Waals surface area contributed by atoms with Crippen LogP contribution in [0.1, 0.15) is 11.1 Å². The lowest BCUT2D eigenvalue weighted by molar-refractivity contribution is 0.384. The molecular formula is C20H15N3O2. The van der Waals surface area contributed by atoms with E-state index in [1.165, 1.54) is 12.1 Å². The molecule has 0 unspecified atom stereocenters. The molecule has 5 heteroatoms. The van der Waals surface area contributed by atoms with Gasteiger partial charge in [0, 0.05) is 23.3 Å². The third kappa shape index (κ3) is 2.83. The number of aromatic nitrogens is 1. The second kappa shape index (κ2) is 6.13. The van der Waals surface area contributed by atoms with Crippen molar-refractivity contribution in [3.8, 4) is 11.8 Å². The minimum absolute atomic E-state index is 0.125. The Bertz CT molecular complexity index is 995. The lowest BCUT2D eigenvalue weighted by atomic mass is 9.94. The molecule has 5 nitrogen and oxygen atoms in total. The van der Waals surface area contributed by atoms with Crippen molar-refractivity contribution in [3.63, 3.8) is 0 Å². The summed E-state index contributed by atoms with van der Waals surface area (Å²) in [6.07, 6.45) is 3.70. The van der Waals surface area contributed by atoms with Gasteiger partial charge in [-0.1, -0.05) is 42.5 Å². The summed E-state index contributed by atoms with van der Waals surface area (Å²) in [6.45, 7) is 0. The highest BCUT2D eigenvalue weighted by atomic mass is 16.3. The fraction of sp³-hybridized carbons (Fsp3) is 0. The first-order chi connectivity index (χ1) is 12.2. The molecule has 2 N–H and O–H groups in total. The number of fused-ring (bicyclic) bond motifs is 1. The van der Waals surface area contributed by atoms with E-state index in [1.54, 1.807) is 0 Å². The van der Waals surface area contributed by atoms with Gasteiger partial charge >= 0.3 is 0 Å². The van der Waals surface area contributed by atoms with Crippen molar-refractivity contribution in [3.05, 3.63) is 90.0 Å². The summed E-state index contributed by atoms with van der Waals surface area (Å²) in [7, 11) is 0. The van der Waals surface area contributed by atoms with Crippen LogP contribution >= 0.6 is 0 Å². The molecule has 0 spiro atoms. The summed E-state index contributed by atoms with van der Waals surface area (Å²) >= 11 is 0. The van der Waals surface area contributed by atoms with Crippen molar-refractivity contribution in [1.29, 1.82) is 0 Å². The van der Waals surface area contributed by atoms with E-state index in [9.17, 15) is 10.2 Å². The zero-order valence-corrected chi connectivity index (χ0v) is 13.2. The third-order valence-electron chi connectivity index (χ3n) is 3.91. The average molecular weight is 329 g/mol. The van der Waals surface area contributed by atoms with Crippen LogP contribution < -0.4 is 0 Å². The van der Waals surface area contributed by atoms with Gasteiger partial charge in [0.25, 0.3) is 0 Å². The maximum Gasteiger partial charge on any atom is 0.215 e. The molecule has 2 aromatic carbocycles. The molecule has 1 heterocycles. The van der Waals surface area contributed by atoms with E-state index in [4.69, 9.17) is 4.99 Å². The van der Waals surface area contributed by atoms with Gasteiger partial charge in [-0.2, -0.15) is 9.78 Å². The van der Waals surface area contributed by atoms with Crippen LogP contribution in [0.25, 0.3) is 0 Å². The Balaban J connectivity index is 1.83. The summed E-state index contributed by atoms with van der Waals surface area (Å²) in [5, 5.41) is 24.0. The number of nitrogens with zero attached hydrogens (tertiary/aromatic N) is 3. The Kier molecular flexibility index (Phi) is 3.67. The molecule has 1 aliphatic carbocycles. The molecule has 122 valence electrons. The average Bonchev–Trinajstić information content (AvgIpc) is 2.96. The monoisotopic (exact) mass is 329 g/mol. The number of hydrogen-bond donors (Lipinski definition) is 2. The number of rotatable bonds is 2. The second-order valence-electron chi connectivity index (χ2n) is 5.56. The molecule has 1 aliphatic rings. The predicted octanol–water partition coefficient (Wildman–Crippen LogP) is 3.84. The fourth-order valence-electron chi connectivity index (χ4n) is 2.71. The minimum atomic E-state index is -0.125. The molecule has 0 saturated carbocycles. The van der Waals surface area contributed by atoms with Crippen LogP contribution in [0.4, 0.5) is 5.69 Å². The molecule has 4 rings (SSSR count). The summed E-state index contributed by atoms with van der Waals surface area (Å²) < 4.78 is 1.09. The Labute approximate surface area is 144 Å². The molecule has 0 amide bonds. The van der Waals surface area contributed by atoms with E-state index in [2.05, 4.69) is 5.10 Å². The summed E-state index contributed by atoms with van der Waals surface area (Å²) in [5.41, 5.74) is 4.16. The Morgan fingerprint density at radius 1 is 0.640 bits per heavy atom. The number of aromatic hydroxyl groups is 2. The van der Waals surface area contributed by atoms with E-state index in [-0.39, 0.29) is 11.8 Å². The third-order valence-corrected chi connectivity index (χ3v) is 3.91. The van der Waals surface area contributed by atoms with Crippen molar-refractivity contribution in [2.24, 2.45) is 10.1 Å². The summed E-state index contributed by atoms with van der Waals surface area (Å²) in [4.78, 5) is 4.70. The van der Waals surface area contributed by atoms with Crippen LogP contribution in [-0.2, 0) is 0 Å². The van der Waals surface area contributed by atoms with E-state index < -0.39 is 0 Å². The predicted molar refractivity (Wildman–Crippen MR) is 97.9 cm³/mol. The number of allylic oxidation sites excluding steroid dienone is 2. The van der Waals surface area contributed by atoms with Crippen LogP contribution in [0, 0.1) is 0 Å². The largest absolute Gasteiger partial charge is 0.493 e. The van der Waals surface area contributed by atoms with Crippen LogP contribution in [0.15, 0.2) is 89.0 Å². The Morgan fingerprint density at radius 3 is 1.88 bits per heavy atom. The Morgan fingerprint density at radius 2 is 1.20 bits per heavy atom. The molecule has 0 atom stereocenters. The maximum absolute atomic E-state index is 9.80. The van der Waals surface area contributed by atoms with Gasteiger partial charge in [0.2, 0.25) is 11.8 Å². The zero-order valence-electron chi connectivity index (χ0n) is 13.2. The van der Waals surface area contributed by atoms with Gasteiger partial charge in [-0.15, -0.1) is 0 Å².